The van der Waals surface area contributed by atoms with Gasteiger partial charge in [-0.25, -0.2) is 4.98 Å². The number of furan rings is 1. The molecule has 0 spiro atoms. The Kier molecular flexibility index (Phi) is 3.86. The number of thiazole rings is 1. The number of carbonyl (C=O) groups excluding carboxylic acids is 1. The van der Waals surface area contributed by atoms with Crippen LogP contribution in [0.15, 0.2) is 59.0 Å². The Bertz CT molecular complexity index is 1050. The van der Waals surface area contributed by atoms with Gasteiger partial charge < -0.3 is 9.73 Å². The van der Waals surface area contributed by atoms with E-state index in [0.29, 0.717) is 5.76 Å². The van der Waals surface area contributed by atoms with E-state index in [0.717, 1.165) is 32.0 Å². The van der Waals surface area contributed by atoms with Gasteiger partial charge in [0.2, 0.25) is 0 Å². The molecule has 124 valence electrons. The minimum Gasteiger partial charge on any atom is -0.448 e. The van der Waals surface area contributed by atoms with Gasteiger partial charge in [-0.05, 0) is 49.7 Å². The molecule has 2 aromatic heterocycles. The standard InChI is InChI=1S/C20H16N2O2S/c1-12-7-8-14(13(2)11-12)21-19(23)16-9-10-17(24-16)20-22-15-5-3-4-6-18(15)25-20/h3-11H,1-2H3,(H,21,23). The second-order valence-electron chi connectivity index (χ2n) is 5.92. The highest BCUT2D eigenvalue weighted by Crippen LogP contribution is 2.31. The van der Waals surface area contributed by atoms with Crippen LogP contribution in [0, 0.1) is 13.8 Å². The molecule has 1 N–H and O–H groups in total. The summed E-state index contributed by atoms with van der Waals surface area (Å²) >= 11 is 1.55. The molecule has 0 aliphatic rings. The van der Waals surface area contributed by atoms with Gasteiger partial charge in [0, 0.05) is 5.69 Å². The first-order chi connectivity index (χ1) is 12.1. The summed E-state index contributed by atoms with van der Waals surface area (Å²) in [6, 6.07) is 17.3. The highest BCUT2D eigenvalue weighted by atomic mass is 32.1. The largest absolute Gasteiger partial charge is 0.448 e. The zero-order valence-electron chi connectivity index (χ0n) is 13.9. The van der Waals surface area contributed by atoms with Crippen molar-refractivity contribution in [2.45, 2.75) is 13.8 Å². The van der Waals surface area contributed by atoms with Crippen LogP contribution in [0.5, 0.6) is 0 Å². The molecule has 4 aromatic rings. The Morgan fingerprint density at radius 3 is 2.72 bits per heavy atom. The number of anilines is 1. The first-order valence-corrected chi connectivity index (χ1v) is 8.76. The summed E-state index contributed by atoms with van der Waals surface area (Å²) < 4.78 is 6.83. The summed E-state index contributed by atoms with van der Waals surface area (Å²) in [5.74, 6) is 0.612. The van der Waals surface area contributed by atoms with Crippen molar-refractivity contribution in [2.24, 2.45) is 0 Å². The third-order valence-corrected chi connectivity index (χ3v) is 5.02. The minimum atomic E-state index is -0.265. The fourth-order valence-electron chi connectivity index (χ4n) is 2.69. The van der Waals surface area contributed by atoms with Crippen LogP contribution >= 0.6 is 11.3 Å². The fourth-order valence-corrected chi connectivity index (χ4v) is 3.62. The van der Waals surface area contributed by atoms with Gasteiger partial charge >= 0.3 is 0 Å². The van der Waals surface area contributed by atoms with Crippen molar-refractivity contribution in [1.82, 2.24) is 4.98 Å². The molecule has 0 aliphatic carbocycles. The van der Waals surface area contributed by atoms with E-state index < -0.39 is 0 Å². The molecule has 2 heterocycles. The molecule has 0 aliphatic heterocycles. The van der Waals surface area contributed by atoms with Crippen molar-refractivity contribution >= 4 is 33.1 Å². The molecule has 0 atom stereocenters. The normalized spacial score (nSPS) is 11.0. The molecule has 4 rings (SSSR count). The Balaban J connectivity index is 1.58. The number of aromatic nitrogens is 1. The average molecular weight is 348 g/mol. The van der Waals surface area contributed by atoms with Gasteiger partial charge in [-0.15, -0.1) is 11.3 Å². The highest BCUT2D eigenvalue weighted by molar-refractivity contribution is 7.21. The van der Waals surface area contributed by atoms with Crippen LogP contribution in [-0.4, -0.2) is 10.9 Å². The molecular formula is C20H16N2O2S. The lowest BCUT2D eigenvalue weighted by molar-refractivity contribution is 0.0997. The number of benzene rings is 2. The van der Waals surface area contributed by atoms with Crippen molar-refractivity contribution in [3.05, 3.63) is 71.5 Å². The molecule has 0 fully saturated rings. The van der Waals surface area contributed by atoms with E-state index in [9.17, 15) is 4.79 Å². The number of para-hydroxylation sites is 1. The first kappa shape index (κ1) is 15.6. The fraction of sp³-hybridized carbons (Fsp3) is 0.100. The lowest BCUT2D eigenvalue weighted by Crippen LogP contribution is -2.11. The second-order valence-corrected chi connectivity index (χ2v) is 6.95. The third-order valence-electron chi connectivity index (χ3n) is 3.96. The first-order valence-electron chi connectivity index (χ1n) is 7.94. The van der Waals surface area contributed by atoms with E-state index in [1.54, 1.807) is 23.5 Å². The third kappa shape index (κ3) is 3.06. The number of hydrogen-bond donors (Lipinski definition) is 1. The van der Waals surface area contributed by atoms with Crippen LogP contribution in [0.2, 0.25) is 0 Å². The van der Waals surface area contributed by atoms with Crippen molar-refractivity contribution in [3.63, 3.8) is 0 Å². The van der Waals surface area contributed by atoms with Crippen LogP contribution in [0.1, 0.15) is 21.7 Å². The number of nitrogens with zero attached hydrogens (tertiary/aromatic N) is 1. The topological polar surface area (TPSA) is 55.1 Å². The van der Waals surface area contributed by atoms with E-state index in [4.69, 9.17) is 4.42 Å². The maximum absolute atomic E-state index is 12.4. The molecule has 25 heavy (non-hydrogen) atoms. The van der Waals surface area contributed by atoms with E-state index in [2.05, 4.69) is 10.3 Å². The smallest absolute Gasteiger partial charge is 0.291 e. The molecular weight excluding hydrogens is 332 g/mol. The summed E-state index contributed by atoms with van der Waals surface area (Å²) in [4.78, 5) is 17.0. The summed E-state index contributed by atoms with van der Waals surface area (Å²) in [6.45, 7) is 3.99. The lowest BCUT2D eigenvalue weighted by Gasteiger charge is -2.07. The van der Waals surface area contributed by atoms with Crippen molar-refractivity contribution in [3.8, 4) is 10.8 Å². The van der Waals surface area contributed by atoms with Crippen LogP contribution in [0.3, 0.4) is 0 Å². The van der Waals surface area contributed by atoms with Gasteiger partial charge in [-0.2, -0.15) is 0 Å². The molecule has 5 heteroatoms. The van der Waals surface area contributed by atoms with Gasteiger partial charge in [-0.3, -0.25) is 4.79 Å². The number of aryl methyl sites for hydroxylation is 2. The minimum absolute atomic E-state index is 0.265. The SMILES string of the molecule is Cc1ccc(NC(=O)c2ccc(-c3nc4ccccc4s3)o2)c(C)c1. The predicted molar refractivity (Wildman–Crippen MR) is 101 cm³/mol. The molecule has 0 saturated carbocycles. The Hall–Kier alpha value is -2.92. The molecule has 0 bridgehead atoms. The van der Waals surface area contributed by atoms with Crippen LogP contribution in [-0.2, 0) is 0 Å². The number of rotatable bonds is 3. The molecule has 1 amide bonds. The van der Waals surface area contributed by atoms with Crippen LogP contribution in [0.25, 0.3) is 21.0 Å². The molecule has 4 nitrogen and oxygen atoms in total. The van der Waals surface area contributed by atoms with Crippen molar-refractivity contribution in [1.29, 1.82) is 0 Å². The summed E-state index contributed by atoms with van der Waals surface area (Å²) in [7, 11) is 0. The monoisotopic (exact) mass is 348 g/mol. The van der Waals surface area contributed by atoms with Gasteiger partial charge in [-0.1, -0.05) is 29.8 Å². The summed E-state index contributed by atoms with van der Waals surface area (Å²) in [5, 5.41) is 3.67. The lowest BCUT2D eigenvalue weighted by atomic mass is 10.1. The zero-order chi connectivity index (χ0) is 17.4. The molecule has 0 radical (unpaired) electrons. The van der Waals surface area contributed by atoms with Gasteiger partial charge in [0.1, 0.15) is 0 Å². The number of hydrogen-bond acceptors (Lipinski definition) is 4. The highest BCUT2D eigenvalue weighted by Gasteiger charge is 2.15. The maximum atomic E-state index is 12.4. The van der Waals surface area contributed by atoms with Crippen molar-refractivity contribution < 1.29 is 9.21 Å². The second kappa shape index (κ2) is 6.18. The Morgan fingerprint density at radius 2 is 1.92 bits per heavy atom. The van der Waals surface area contributed by atoms with Crippen molar-refractivity contribution in [2.75, 3.05) is 5.32 Å². The van der Waals surface area contributed by atoms with E-state index in [-0.39, 0.29) is 11.7 Å². The van der Waals surface area contributed by atoms with Crippen LogP contribution < -0.4 is 5.32 Å². The number of amides is 1. The quantitative estimate of drug-likeness (QED) is 0.537. The number of nitrogens with one attached hydrogen (secondary N) is 1. The van der Waals surface area contributed by atoms with Crippen LogP contribution in [0.4, 0.5) is 5.69 Å². The number of fused-ring (bicyclic) bond motifs is 1. The van der Waals surface area contributed by atoms with Gasteiger partial charge in [0.15, 0.2) is 16.5 Å². The summed E-state index contributed by atoms with van der Waals surface area (Å²) in [6.07, 6.45) is 0. The van der Waals surface area contributed by atoms with E-state index in [1.165, 1.54) is 0 Å². The molecule has 0 saturated heterocycles. The average Bonchev–Trinajstić information content (AvgIpc) is 3.23. The van der Waals surface area contributed by atoms with Gasteiger partial charge in [0.05, 0.1) is 10.2 Å². The Morgan fingerprint density at radius 1 is 1.08 bits per heavy atom. The predicted octanol–water partition coefficient (Wildman–Crippen LogP) is 5.43. The zero-order valence-corrected chi connectivity index (χ0v) is 14.7. The van der Waals surface area contributed by atoms with E-state index >= 15 is 0 Å². The molecule has 2 aromatic carbocycles. The number of carbonyl (C=O) groups is 1. The van der Waals surface area contributed by atoms with E-state index in [1.807, 2.05) is 56.3 Å². The van der Waals surface area contributed by atoms with Gasteiger partial charge in [0.25, 0.3) is 5.91 Å². The molecule has 0 unspecified atom stereocenters. The Labute approximate surface area is 149 Å². The summed E-state index contributed by atoms with van der Waals surface area (Å²) in [5.41, 5.74) is 3.90. The maximum Gasteiger partial charge on any atom is 0.291 e.